The Balaban J connectivity index is 1.82. The van der Waals surface area contributed by atoms with Gasteiger partial charge in [0.15, 0.2) is 5.82 Å². The van der Waals surface area contributed by atoms with E-state index in [2.05, 4.69) is 30.7 Å². The molecule has 2 heterocycles. The molecule has 0 unspecified atom stereocenters. The second-order valence-corrected chi connectivity index (χ2v) is 5.43. The summed E-state index contributed by atoms with van der Waals surface area (Å²) in [6.07, 6.45) is 1.48. The number of aromatic nitrogens is 5. The van der Waals surface area contributed by atoms with E-state index in [0.717, 1.165) is 33.4 Å². The summed E-state index contributed by atoms with van der Waals surface area (Å²) in [7, 11) is 0. The van der Waals surface area contributed by atoms with E-state index in [1.807, 2.05) is 42.5 Å². The Labute approximate surface area is 137 Å². The molecule has 3 N–H and O–H groups in total. The van der Waals surface area contributed by atoms with Crippen LogP contribution in [-0.4, -0.2) is 31.3 Å². The molecule has 0 atom stereocenters. The average molecular weight is 318 g/mol. The second kappa shape index (κ2) is 5.62. The Morgan fingerprint density at radius 1 is 1.08 bits per heavy atom. The summed E-state index contributed by atoms with van der Waals surface area (Å²) in [6.45, 7) is 1.49. The first-order valence-corrected chi connectivity index (χ1v) is 7.42. The molecule has 0 saturated carbocycles. The summed E-state index contributed by atoms with van der Waals surface area (Å²) in [5.74, 6) is 0.600. The van der Waals surface area contributed by atoms with Gasteiger partial charge in [0.2, 0.25) is 5.91 Å². The van der Waals surface area contributed by atoms with Gasteiger partial charge in [0.05, 0.1) is 11.2 Å². The lowest BCUT2D eigenvalue weighted by atomic mass is 10.0. The van der Waals surface area contributed by atoms with Crippen LogP contribution < -0.4 is 5.32 Å². The summed E-state index contributed by atoms with van der Waals surface area (Å²) in [5, 5.41) is 18.0. The van der Waals surface area contributed by atoms with Crippen LogP contribution in [0.5, 0.6) is 0 Å². The second-order valence-electron chi connectivity index (χ2n) is 5.43. The number of amides is 1. The molecule has 118 valence electrons. The molecule has 4 aromatic rings. The fourth-order valence-electron chi connectivity index (χ4n) is 2.67. The van der Waals surface area contributed by atoms with Gasteiger partial charge in [-0.05, 0) is 30.3 Å². The Bertz CT molecular complexity index is 1020. The summed E-state index contributed by atoms with van der Waals surface area (Å²) < 4.78 is 0. The lowest BCUT2D eigenvalue weighted by Crippen LogP contribution is -2.05. The number of aromatic amines is 2. The van der Waals surface area contributed by atoms with Crippen molar-refractivity contribution >= 4 is 22.5 Å². The number of hydrogen-bond acceptors (Lipinski definition) is 4. The van der Waals surface area contributed by atoms with Gasteiger partial charge in [-0.25, -0.2) is 4.98 Å². The quantitative estimate of drug-likeness (QED) is 0.540. The van der Waals surface area contributed by atoms with E-state index in [0.29, 0.717) is 5.82 Å². The van der Waals surface area contributed by atoms with Crippen molar-refractivity contribution in [3.05, 3.63) is 48.8 Å². The molecule has 0 bridgehead atoms. The van der Waals surface area contributed by atoms with Gasteiger partial charge in [0.25, 0.3) is 0 Å². The maximum atomic E-state index is 11.3. The fourth-order valence-corrected chi connectivity index (χ4v) is 2.67. The molecular weight excluding hydrogens is 304 g/mol. The van der Waals surface area contributed by atoms with E-state index in [1.165, 1.54) is 13.3 Å². The van der Waals surface area contributed by atoms with E-state index in [4.69, 9.17) is 0 Å². The fraction of sp³-hybridized carbons (Fsp3) is 0.0588. The van der Waals surface area contributed by atoms with Crippen LogP contribution in [0.2, 0.25) is 0 Å². The van der Waals surface area contributed by atoms with Gasteiger partial charge in [-0.1, -0.05) is 12.1 Å². The summed E-state index contributed by atoms with van der Waals surface area (Å²) >= 11 is 0. The average Bonchev–Trinajstić information content (AvgIpc) is 3.23. The van der Waals surface area contributed by atoms with E-state index in [1.54, 1.807) is 0 Å². The minimum atomic E-state index is -0.105. The van der Waals surface area contributed by atoms with Crippen molar-refractivity contribution in [3.63, 3.8) is 0 Å². The highest BCUT2D eigenvalue weighted by Crippen LogP contribution is 2.30. The molecule has 0 saturated heterocycles. The molecule has 0 aliphatic heterocycles. The highest BCUT2D eigenvalue weighted by Gasteiger charge is 2.11. The van der Waals surface area contributed by atoms with Gasteiger partial charge in [0, 0.05) is 29.1 Å². The molecule has 24 heavy (non-hydrogen) atoms. The number of carbonyl (C=O) groups is 1. The molecular formula is C17H14N6O. The third kappa shape index (κ3) is 2.52. The maximum absolute atomic E-state index is 11.3. The standard InChI is InChI=1S/C17H14N6O/c1-10(24)20-13-4-2-3-11(7-13)16-14-8-12(17-18-9-19-23-17)5-6-15(14)21-22-16/h2-9H,1H3,(H,20,24)(H,21,22)(H,18,19,23). The first kappa shape index (κ1) is 14.1. The van der Waals surface area contributed by atoms with Crippen LogP contribution in [0.4, 0.5) is 5.69 Å². The van der Waals surface area contributed by atoms with Crippen LogP contribution in [0.3, 0.4) is 0 Å². The van der Waals surface area contributed by atoms with Gasteiger partial charge >= 0.3 is 0 Å². The van der Waals surface area contributed by atoms with Gasteiger partial charge in [-0.15, -0.1) is 0 Å². The van der Waals surface area contributed by atoms with Crippen molar-refractivity contribution in [2.24, 2.45) is 0 Å². The zero-order valence-corrected chi connectivity index (χ0v) is 12.9. The third-order valence-electron chi connectivity index (χ3n) is 3.71. The topological polar surface area (TPSA) is 99.3 Å². The van der Waals surface area contributed by atoms with E-state index < -0.39 is 0 Å². The number of benzene rings is 2. The number of hydrogen-bond donors (Lipinski definition) is 3. The highest BCUT2D eigenvalue weighted by molar-refractivity contribution is 5.96. The van der Waals surface area contributed by atoms with Crippen LogP contribution >= 0.6 is 0 Å². The van der Waals surface area contributed by atoms with Crippen molar-refractivity contribution in [1.82, 2.24) is 25.4 Å². The number of anilines is 1. The predicted octanol–water partition coefficient (Wildman–Crippen LogP) is 2.97. The Kier molecular flexibility index (Phi) is 3.31. The van der Waals surface area contributed by atoms with Gasteiger partial charge in [-0.3, -0.25) is 15.0 Å². The van der Waals surface area contributed by atoms with Crippen LogP contribution in [0.1, 0.15) is 6.92 Å². The largest absolute Gasteiger partial charge is 0.326 e. The summed E-state index contributed by atoms with van der Waals surface area (Å²) in [4.78, 5) is 15.4. The SMILES string of the molecule is CC(=O)Nc1cccc(-c2n[nH]c3ccc(-c4ncn[nH]4)cc23)c1. The first-order valence-electron chi connectivity index (χ1n) is 7.42. The Morgan fingerprint density at radius 2 is 2.00 bits per heavy atom. The van der Waals surface area contributed by atoms with Crippen LogP contribution in [0.25, 0.3) is 33.5 Å². The minimum Gasteiger partial charge on any atom is -0.326 e. The normalized spacial score (nSPS) is 10.9. The lowest BCUT2D eigenvalue weighted by Gasteiger charge is -2.04. The van der Waals surface area contributed by atoms with Crippen LogP contribution in [-0.2, 0) is 4.79 Å². The number of rotatable bonds is 3. The zero-order valence-electron chi connectivity index (χ0n) is 12.9. The van der Waals surface area contributed by atoms with Gasteiger partial charge < -0.3 is 5.32 Å². The number of carbonyl (C=O) groups excluding carboxylic acids is 1. The Hall–Kier alpha value is -3.48. The molecule has 0 aliphatic rings. The molecule has 4 rings (SSSR count). The van der Waals surface area contributed by atoms with E-state index in [-0.39, 0.29) is 5.91 Å². The van der Waals surface area contributed by atoms with E-state index in [9.17, 15) is 4.79 Å². The van der Waals surface area contributed by atoms with Crippen LogP contribution in [0, 0.1) is 0 Å². The lowest BCUT2D eigenvalue weighted by molar-refractivity contribution is -0.114. The van der Waals surface area contributed by atoms with Crippen molar-refractivity contribution in [3.8, 4) is 22.6 Å². The number of nitrogens with one attached hydrogen (secondary N) is 3. The molecule has 0 spiro atoms. The van der Waals surface area contributed by atoms with Crippen molar-refractivity contribution in [1.29, 1.82) is 0 Å². The minimum absolute atomic E-state index is 0.105. The molecule has 7 nitrogen and oxygen atoms in total. The van der Waals surface area contributed by atoms with Gasteiger partial charge in [-0.2, -0.15) is 10.2 Å². The van der Waals surface area contributed by atoms with Gasteiger partial charge in [0.1, 0.15) is 6.33 Å². The first-order chi connectivity index (χ1) is 11.7. The predicted molar refractivity (Wildman–Crippen MR) is 91.2 cm³/mol. The van der Waals surface area contributed by atoms with Crippen molar-refractivity contribution < 1.29 is 4.79 Å². The third-order valence-corrected chi connectivity index (χ3v) is 3.71. The smallest absolute Gasteiger partial charge is 0.221 e. The van der Waals surface area contributed by atoms with Crippen molar-refractivity contribution in [2.45, 2.75) is 6.92 Å². The summed E-state index contributed by atoms with van der Waals surface area (Å²) in [5.41, 5.74) is 4.34. The molecule has 2 aromatic heterocycles. The zero-order chi connectivity index (χ0) is 16.5. The number of H-pyrrole nitrogens is 2. The molecule has 2 aromatic carbocycles. The molecule has 7 heteroatoms. The number of nitrogens with zero attached hydrogens (tertiary/aromatic N) is 3. The summed E-state index contributed by atoms with van der Waals surface area (Å²) in [6, 6.07) is 13.5. The maximum Gasteiger partial charge on any atom is 0.221 e. The van der Waals surface area contributed by atoms with Crippen LogP contribution in [0.15, 0.2) is 48.8 Å². The highest BCUT2D eigenvalue weighted by atomic mass is 16.1. The monoisotopic (exact) mass is 318 g/mol. The molecule has 0 radical (unpaired) electrons. The molecule has 0 aliphatic carbocycles. The Morgan fingerprint density at radius 3 is 2.79 bits per heavy atom. The van der Waals surface area contributed by atoms with E-state index >= 15 is 0 Å². The molecule has 1 amide bonds. The van der Waals surface area contributed by atoms with Crippen molar-refractivity contribution in [2.75, 3.05) is 5.32 Å². The number of fused-ring (bicyclic) bond motifs is 1. The molecule has 0 fully saturated rings.